The number of hydrogen-bond acceptors (Lipinski definition) is 3. The molecule has 3 nitrogen and oxygen atoms in total. The van der Waals surface area contributed by atoms with Gasteiger partial charge in [-0.15, -0.1) is 0 Å². The Morgan fingerprint density at radius 3 is 2.37 bits per heavy atom. The SMILES string of the molecule is CC[C@@H](F)CCc1ccc(-c2ncc(O)cn2)cc1. The number of hydrogen-bond donors (Lipinski definition) is 1. The number of benzene rings is 1. The molecule has 0 fully saturated rings. The van der Waals surface area contributed by atoms with Crippen molar-refractivity contribution in [3.63, 3.8) is 0 Å². The highest BCUT2D eigenvalue weighted by Gasteiger charge is 2.05. The van der Waals surface area contributed by atoms with Crippen molar-refractivity contribution in [3.05, 3.63) is 42.2 Å². The smallest absolute Gasteiger partial charge is 0.159 e. The molecule has 19 heavy (non-hydrogen) atoms. The summed E-state index contributed by atoms with van der Waals surface area (Å²) in [6, 6.07) is 7.77. The lowest BCUT2D eigenvalue weighted by Gasteiger charge is -2.06. The van der Waals surface area contributed by atoms with Crippen molar-refractivity contribution < 1.29 is 9.50 Å². The van der Waals surface area contributed by atoms with Gasteiger partial charge in [-0.2, -0.15) is 0 Å². The van der Waals surface area contributed by atoms with Crippen LogP contribution < -0.4 is 0 Å². The van der Waals surface area contributed by atoms with E-state index in [2.05, 4.69) is 9.97 Å². The molecular formula is C15H17FN2O. The Labute approximate surface area is 112 Å². The third-order valence-electron chi connectivity index (χ3n) is 3.04. The van der Waals surface area contributed by atoms with Gasteiger partial charge in [0, 0.05) is 5.56 Å². The number of alkyl halides is 1. The summed E-state index contributed by atoms with van der Waals surface area (Å²) in [5.74, 6) is 0.621. The Bertz CT molecular complexity index is 511. The van der Waals surface area contributed by atoms with Crippen molar-refractivity contribution in [2.75, 3.05) is 0 Å². The van der Waals surface area contributed by atoms with Gasteiger partial charge in [-0.1, -0.05) is 31.2 Å². The molecule has 4 heteroatoms. The molecule has 1 aromatic carbocycles. The molecule has 0 aliphatic carbocycles. The highest BCUT2D eigenvalue weighted by atomic mass is 19.1. The zero-order valence-electron chi connectivity index (χ0n) is 10.9. The van der Waals surface area contributed by atoms with Crippen LogP contribution in [-0.4, -0.2) is 21.2 Å². The van der Waals surface area contributed by atoms with Gasteiger partial charge in [0.2, 0.25) is 0 Å². The molecule has 0 bridgehead atoms. The molecule has 1 heterocycles. The van der Waals surface area contributed by atoms with Crippen molar-refractivity contribution in [3.8, 4) is 17.1 Å². The lowest BCUT2D eigenvalue weighted by molar-refractivity contribution is 0.306. The molecule has 1 atom stereocenters. The molecule has 2 rings (SSSR count). The van der Waals surface area contributed by atoms with E-state index in [-0.39, 0.29) is 5.75 Å². The van der Waals surface area contributed by atoms with Gasteiger partial charge in [0.05, 0.1) is 12.4 Å². The van der Waals surface area contributed by atoms with Gasteiger partial charge in [-0.05, 0) is 24.8 Å². The van der Waals surface area contributed by atoms with Crippen LogP contribution >= 0.6 is 0 Å². The molecule has 0 saturated heterocycles. The van der Waals surface area contributed by atoms with E-state index < -0.39 is 6.17 Å². The molecule has 1 N–H and O–H groups in total. The number of aromatic hydroxyl groups is 1. The van der Waals surface area contributed by atoms with Gasteiger partial charge in [0.25, 0.3) is 0 Å². The zero-order valence-corrected chi connectivity index (χ0v) is 10.9. The van der Waals surface area contributed by atoms with Gasteiger partial charge in [-0.25, -0.2) is 14.4 Å². The summed E-state index contributed by atoms with van der Waals surface area (Å²) in [6.45, 7) is 1.86. The van der Waals surface area contributed by atoms with E-state index in [1.807, 2.05) is 31.2 Å². The summed E-state index contributed by atoms with van der Waals surface area (Å²) < 4.78 is 13.2. The van der Waals surface area contributed by atoms with E-state index in [1.54, 1.807) is 0 Å². The summed E-state index contributed by atoms with van der Waals surface area (Å²) in [5.41, 5.74) is 2.00. The predicted molar refractivity (Wildman–Crippen MR) is 72.6 cm³/mol. The van der Waals surface area contributed by atoms with E-state index >= 15 is 0 Å². The molecular weight excluding hydrogens is 243 g/mol. The Morgan fingerprint density at radius 1 is 1.16 bits per heavy atom. The Hall–Kier alpha value is -1.97. The van der Waals surface area contributed by atoms with Crippen molar-refractivity contribution in [2.24, 2.45) is 0 Å². The first-order valence-corrected chi connectivity index (χ1v) is 6.43. The van der Waals surface area contributed by atoms with E-state index in [9.17, 15) is 4.39 Å². The predicted octanol–water partition coefficient (Wildman–Crippen LogP) is 3.53. The first-order chi connectivity index (χ1) is 9.19. The van der Waals surface area contributed by atoms with Crippen molar-refractivity contribution >= 4 is 0 Å². The van der Waals surface area contributed by atoms with Crippen LogP contribution in [0.15, 0.2) is 36.7 Å². The average Bonchev–Trinajstić information content (AvgIpc) is 2.46. The molecule has 2 aromatic rings. The van der Waals surface area contributed by atoms with E-state index in [0.29, 0.717) is 18.7 Å². The molecule has 0 aliphatic heterocycles. The highest BCUT2D eigenvalue weighted by Crippen LogP contribution is 2.18. The molecule has 0 radical (unpaired) electrons. The van der Waals surface area contributed by atoms with Crippen molar-refractivity contribution in [1.82, 2.24) is 9.97 Å². The number of aromatic nitrogens is 2. The van der Waals surface area contributed by atoms with E-state index in [0.717, 1.165) is 17.5 Å². The second-order valence-corrected chi connectivity index (χ2v) is 4.51. The maximum absolute atomic E-state index is 13.2. The topological polar surface area (TPSA) is 46.0 Å². The largest absolute Gasteiger partial charge is 0.505 e. The number of rotatable bonds is 5. The summed E-state index contributed by atoms with van der Waals surface area (Å²) in [6.07, 6.45) is 3.88. The minimum Gasteiger partial charge on any atom is -0.505 e. The molecule has 0 saturated carbocycles. The highest BCUT2D eigenvalue weighted by molar-refractivity contribution is 5.55. The fraction of sp³-hybridized carbons (Fsp3) is 0.333. The van der Waals surface area contributed by atoms with E-state index in [4.69, 9.17) is 5.11 Å². The first kappa shape index (κ1) is 13.5. The lowest BCUT2D eigenvalue weighted by Crippen LogP contribution is -1.99. The summed E-state index contributed by atoms with van der Waals surface area (Å²) in [4.78, 5) is 8.09. The second-order valence-electron chi connectivity index (χ2n) is 4.51. The maximum atomic E-state index is 13.2. The van der Waals surface area contributed by atoms with Crippen LogP contribution in [0.3, 0.4) is 0 Å². The fourth-order valence-corrected chi connectivity index (χ4v) is 1.82. The van der Waals surface area contributed by atoms with Crippen molar-refractivity contribution in [2.45, 2.75) is 32.4 Å². The van der Waals surface area contributed by atoms with Gasteiger partial charge < -0.3 is 5.11 Å². The quantitative estimate of drug-likeness (QED) is 0.894. The molecule has 100 valence electrons. The fourth-order valence-electron chi connectivity index (χ4n) is 1.82. The summed E-state index contributed by atoms with van der Waals surface area (Å²) >= 11 is 0. The van der Waals surface area contributed by atoms with Crippen LogP contribution in [0.1, 0.15) is 25.3 Å². The van der Waals surface area contributed by atoms with Gasteiger partial charge in [-0.3, -0.25) is 0 Å². The van der Waals surface area contributed by atoms with Crippen LogP contribution in [0.5, 0.6) is 5.75 Å². The summed E-state index contributed by atoms with van der Waals surface area (Å²) in [7, 11) is 0. The zero-order chi connectivity index (χ0) is 13.7. The third kappa shape index (κ3) is 3.74. The Morgan fingerprint density at radius 2 is 1.79 bits per heavy atom. The average molecular weight is 260 g/mol. The van der Waals surface area contributed by atoms with Crippen molar-refractivity contribution in [1.29, 1.82) is 0 Å². The standard InChI is InChI=1S/C15H17FN2O/c1-2-13(16)8-5-11-3-6-12(7-4-11)15-17-9-14(19)10-18-15/h3-4,6-7,9-10,13,19H,2,5,8H2,1H3/t13-/m1/s1. The molecule has 1 aromatic heterocycles. The Balaban J connectivity index is 2.04. The molecule has 0 unspecified atom stereocenters. The van der Waals surface area contributed by atoms with Crippen LogP contribution in [0.2, 0.25) is 0 Å². The number of halogens is 1. The molecule has 0 amide bonds. The maximum Gasteiger partial charge on any atom is 0.159 e. The van der Waals surface area contributed by atoms with Crippen LogP contribution in [0.4, 0.5) is 4.39 Å². The lowest BCUT2D eigenvalue weighted by atomic mass is 10.0. The number of aryl methyl sites for hydroxylation is 1. The van der Waals surface area contributed by atoms with Gasteiger partial charge >= 0.3 is 0 Å². The minimum absolute atomic E-state index is 0.0499. The Kier molecular flexibility index (Phi) is 4.44. The summed E-state index contributed by atoms with van der Waals surface area (Å²) in [5, 5.41) is 9.13. The van der Waals surface area contributed by atoms with Crippen LogP contribution in [-0.2, 0) is 6.42 Å². The second kappa shape index (κ2) is 6.27. The number of nitrogens with zero attached hydrogens (tertiary/aromatic N) is 2. The van der Waals surface area contributed by atoms with Crippen LogP contribution in [0, 0.1) is 0 Å². The van der Waals surface area contributed by atoms with E-state index in [1.165, 1.54) is 12.4 Å². The molecule has 0 spiro atoms. The van der Waals surface area contributed by atoms with Gasteiger partial charge in [0.1, 0.15) is 6.17 Å². The van der Waals surface area contributed by atoms with Crippen LogP contribution in [0.25, 0.3) is 11.4 Å². The monoisotopic (exact) mass is 260 g/mol. The van der Waals surface area contributed by atoms with Gasteiger partial charge in [0.15, 0.2) is 11.6 Å². The first-order valence-electron chi connectivity index (χ1n) is 6.43. The normalized spacial score (nSPS) is 12.3. The third-order valence-corrected chi connectivity index (χ3v) is 3.04. The minimum atomic E-state index is -0.722. The molecule has 0 aliphatic rings.